The van der Waals surface area contributed by atoms with Crippen LogP contribution in [0.1, 0.15) is 24.2 Å². The van der Waals surface area contributed by atoms with Crippen molar-refractivity contribution < 1.29 is 22.7 Å². The first kappa shape index (κ1) is 19.8. The van der Waals surface area contributed by atoms with E-state index in [0.717, 1.165) is 0 Å². The maximum Gasteiger partial charge on any atom is 0.414 e. The number of carbonyl (C=O) groups excluding carboxylic acids is 2. The summed E-state index contributed by atoms with van der Waals surface area (Å²) in [5.41, 5.74) is 1.30. The van der Waals surface area contributed by atoms with Crippen LogP contribution in [0.5, 0.6) is 0 Å². The molecule has 2 aromatic rings. The first-order valence-corrected chi connectivity index (χ1v) is 10.2. The quantitative estimate of drug-likeness (QED) is 0.771. The molecule has 3 rings (SSSR count). The Kier molecular flexibility index (Phi) is 5.66. The molecule has 0 bridgehead atoms. The predicted molar refractivity (Wildman–Crippen MR) is 105 cm³/mol. The predicted octanol–water partition coefficient (Wildman–Crippen LogP) is 2.58. The van der Waals surface area contributed by atoms with Gasteiger partial charge in [-0.05, 0) is 50.2 Å². The molecule has 1 aliphatic heterocycles. The van der Waals surface area contributed by atoms with Gasteiger partial charge in [-0.1, -0.05) is 12.1 Å². The van der Waals surface area contributed by atoms with Gasteiger partial charge in [0.2, 0.25) is 10.0 Å². The third-order valence-corrected chi connectivity index (χ3v) is 5.70. The molecule has 148 valence electrons. The van der Waals surface area contributed by atoms with Crippen molar-refractivity contribution in [3.05, 3.63) is 54.1 Å². The van der Waals surface area contributed by atoms with Crippen LogP contribution in [0.3, 0.4) is 0 Å². The number of ether oxygens (including phenoxy) is 1. The van der Waals surface area contributed by atoms with Crippen LogP contribution in [0.15, 0.2) is 53.4 Å². The van der Waals surface area contributed by atoms with Gasteiger partial charge in [0.25, 0.3) is 5.91 Å². The zero-order chi connectivity index (χ0) is 20.3. The van der Waals surface area contributed by atoms with E-state index >= 15 is 0 Å². The van der Waals surface area contributed by atoms with Gasteiger partial charge in [0.05, 0.1) is 22.8 Å². The largest absolute Gasteiger partial charge is 0.447 e. The van der Waals surface area contributed by atoms with Gasteiger partial charge in [0.1, 0.15) is 6.61 Å². The third kappa shape index (κ3) is 4.32. The number of nitrogens with zero attached hydrogens (tertiary/aromatic N) is 1. The van der Waals surface area contributed by atoms with Crippen LogP contribution in [0, 0.1) is 0 Å². The number of benzene rings is 2. The summed E-state index contributed by atoms with van der Waals surface area (Å²) in [5.74, 6) is -0.416. The molecule has 2 N–H and O–H groups in total. The lowest BCUT2D eigenvalue weighted by Crippen LogP contribution is -2.30. The van der Waals surface area contributed by atoms with Crippen molar-refractivity contribution in [2.24, 2.45) is 0 Å². The second kappa shape index (κ2) is 7.99. The molecule has 2 aromatic carbocycles. The topological polar surface area (TPSA) is 105 Å². The maximum absolute atomic E-state index is 12.6. The molecular weight excluding hydrogens is 382 g/mol. The highest BCUT2D eigenvalue weighted by molar-refractivity contribution is 7.89. The fourth-order valence-electron chi connectivity index (χ4n) is 2.79. The SMILES string of the molecule is CC(C)NS(=O)(=O)c1ccc(C(=O)Nc2ccccc2N2CCOC2=O)cc1. The summed E-state index contributed by atoms with van der Waals surface area (Å²) in [7, 11) is -3.62. The highest BCUT2D eigenvalue weighted by atomic mass is 32.2. The second-order valence-corrected chi connectivity index (χ2v) is 8.25. The second-order valence-electron chi connectivity index (χ2n) is 6.54. The van der Waals surface area contributed by atoms with E-state index in [9.17, 15) is 18.0 Å². The van der Waals surface area contributed by atoms with E-state index in [-0.39, 0.29) is 10.9 Å². The van der Waals surface area contributed by atoms with Gasteiger partial charge < -0.3 is 10.1 Å². The Labute approximate surface area is 163 Å². The number of para-hydroxylation sites is 2. The van der Waals surface area contributed by atoms with Crippen molar-refractivity contribution >= 4 is 33.4 Å². The lowest BCUT2D eigenvalue weighted by atomic mass is 10.2. The summed E-state index contributed by atoms with van der Waals surface area (Å²) >= 11 is 0. The van der Waals surface area contributed by atoms with Crippen LogP contribution in [0.4, 0.5) is 16.2 Å². The average Bonchev–Trinajstić information content (AvgIpc) is 3.07. The first-order valence-electron chi connectivity index (χ1n) is 8.75. The van der Waals surface area contributed by atoms with E-state index in [1.54, 1.807) is 38.1 Å². The highest BCUT2D eigenvalue weighted by Crippen LogP contribution is 2.28. The monoisotopic (exact) mass is 403 g/mol. The lowest BCUT2D eigenvalue weighted by molar-refractivity contribution is 0.102. The van der Waals surface area contributed by atoms with Crippen molar-refractivity contribution in [3.63, 3.8) is 0 Å². The summed E-state index contributed by atoms with van der Waals surface area (Å²) in [6.07, 6.45) is -0.464. The van der Waals surface area contributed by atoms with Crippen LogP contribution < -0.4 is 14.9 Å². The molecule has 0 aromatic heterocycles. The number of anilines is 2. The Bertz CT molecular complexity index is 987. The van der Waals surface area contributed by atoms with E-state index in [1.807, 2.05) is 0 Å². The lowest BCUT2D eigenvalue weighted by Gasteiger charge is -2.17. The number of sulfonamides is 1. The van der Waals surface area contributed by atoms with E-state index in [1.165, 1.54) is 29.2 Å². The van der Waals surface area contributed by atoms with E-state index in [2.05, 4.69) is 10.0 Å². The molecule has 28 heavy (non-hydrogen) atoms. The van der Waals surface area contributed by atoms with Crippen LogP contribution in [0.25, 0.3) is 0 Å². The molecular formula is C19H21N3O5S. The number of hydrogen-bond acceptors (Lipinski definition) is 5. The Morgan fingerprint density at radius 1 is 1.11 bits per heavy atom. The van der Waals surface area contributed by atoms with Crippen LogP contribution >= 0.6 is 0 Å². The van der Waals surface area contributed by atoms with Crippen LogP contribution in [-0.2, 0) is 14.8 Å². The van der Waals surface area contributed by atoms with Gasteiger partial charge in [0.15, 0.2) is 0 Å². The fourth-order valence-corrected chi connectivity index (χ4v) is 4.04. The highest BCUT2D eigenvalue weighted by Gasteiger charge is 2.26. The molecule has 2 amide bonds. The molecule has 0 radical (unpaired) electrons. The molecule has 1 saturated heterocycles. The van der Waals surface area contributed by atoms with E-state index < -0.39 is 22.0 Å². The Hall–Kier alpha value is -2.91. The van der Waals surface area contributed by atoms with Crippen molar-refractivity contribution in [2.45, 2.75) is 24.8 Å². The molecule has 0 saturated carbocycles. The van der Waals surface area contributed by atoms with Crippen molar-refractivity contribution in [1.82, 2.24) is 4.72 Å². The fraction of sp³-hybridized carbons (Fsp3) is 0.263. The Morgan fingerprint density at radius 2 is 1.79 bits per heavy atom. The molecule has 1 heterocycles. The standard InChI is InChI=1S/C19H21N3O5S/c1-13(2)21-28(25,26)15-9-7-14(8-10-15)18(23)20-16-5-3-4-6-17(16)22-11-12-27-19(22)24/h3-10,13,21H,11-12H2,1-2H3,(H,20,23). The Balaban J connectivity index is 1.78. The molecule has 1 aliphatic rings. The van der Waals surface area contributed by atoms with Crippen LogP contribution in [-0.4, -0.2) is 39.6 Å². The summed E-state index contributed by atoms with van der Waals surface area (Å²) in [6, 6.07) is 12.3. The molecule has 0 spiro atoms. The number of amides is 2. The summed E-state index contributed by atoms with van der Waals surface area (Å²) in [4.78, 5) is 25.9. The molecule has 1 fully saturated rings. The number of hydrogen-bond donors (Lipinski definition) is 2. The summed E-state index contributed by atoms with van der Waals surface area (Å²) in [6.45, 7) is 4.16. The number of nitrogens with one attached hydrogen (secondary N) is 2. The molecule has 8 nitrogen and oxygen atoms in total. The van der Waals surface area contributed by atoms with Gasteiger partial charge in [-0.3, -0.25) is 9.69 Å². The molecule has 0 aliphatic carbocycles. The minimum Gasteiger partial charge on any atom is -0.447 e. The number of carbonyl (C=O) groups is 2. The van der Waals surface area contributed by atoms with Crippen LogP contribution in [0.2, 0.25) is 0 Å². The Morgan fingerprint density at radius 3 is 2.39 bits per heavy atom. The molecule has 0 atom stereocenters. The van der Waals surface area contributed by atoms with E-state index in [0.29, 0.717) is 30.1 Å². The van der Waals surface area contributed by atoms with E-state index in [4.69, 9.17) is 4.74 Å². The average molecular weight is 403 g/mol. The smallest absolute Gasteiger partial charge is 0.414 e. The minimum atomic E-state index is -3.62. The van der Waals surface area contributed by atoms with Crippen molar-refractivity contribution in [2.75, 3.05) is 23.4 Å². The third-order valence-electron chi connectivity index (χ3n) is 4.02. The van der Waals surface area contributed by atoms with Gasteiger partial charge >= 0.3 is 6.09 Å². The molecule has 9 heteroatoms. The zero-order valence-corrected chi connectivity index (χ0v) is 16.3. The normalized spacial score (nSPS) is 14.2. The van der Waals surface area contributed by atoms with Crippen molar-refractivity contribution in [3.8, 4) is 0 Å². The number of rotatable bonds is 6. The first-order chi connectivity index (χ1) is 13.3. The minimum absolute atomic E-state index is 0.0814. The van der Waals surface area contributed by atoms with Gasteiger partial charge in [-0.15, -0.1) is 0 Å². The molecule has 0 unspecified atom stereocenters. The number of cyclic esters (lactones) is 1. The van der Waals surface area contributed by atoms with Gasteiger partial charge in [0, 0.05) is 11.6 Å². The maximum atomic E-state index is 12.6. The van der Waals surface area contributed by atoms with Gasteiger partial charge in [-0.25, -0.2) is 17.9 Å². The zero-order valence-electron chi connectivity index (χ0n) is 15.5. The summed E-state index contributed by atoms with van der Waals surface area (Å²) in [5, 5.41) is 2.76. The van der Waals surface area contributed by atoms with Gasteiger partial charge in [-0.2, -0.15) is 0 Å². The summed E-state index contributed by atoms with van der Waals surface area (Å²) < 4.78 is 31.8. The van der Waals surface area contributed by atoms with Crippen molar-refractivity contribution in [1.29, 1.82) is 0 Å².